The van der Waals surface area contributed by atoms with Crippen LogP contribution in [0, 0.1) is 17.2 Å². The molecular formula is C13H17ClFN. The molecule has 1 nitrogen and oxygen atoms in total. The fraction of sp³-hybridized carbons (Fsp3) is 0.538. The Balaban J connectivity index is 2.30. The van der Waals surface area contributed by atoms with E-state index in [1.165, 1.54) is 12.1 Å². The van der Waals surface area contributed by atoms with E-state index in [1.807, 2.05) is 7.05 Å². The molecule has 1 aromatic carbocycles. The largest absolute Gasteiger partial charge is 0.313 e. The molecule has 2 rings (SSSR count). The third kappa shape index (κ3) is 2.09. The summed E-state index contributed by atoms with van der Waals surface area (Å²) in [6.45, 7) is 4.46. The fourth-order valence-corrected chi connectivity index (χ4v) is 2.64. The van der Waals surface area contributed by atoms with Crippen molar-refractivity contribution < 1.29 is 4.39 Å². The molecule has 0 spiro atoms. The lowest BCUT2D eigenvalue weighted by Crippen LogP contribution is -2.21. The Morgan fingerprint density at radius 2 is 2.12 bits per heavy atom. The minimum Gasteiger partial charge on any atom is -0.313 e. The summed E-state index contributed by atoms with van der Waals surface area (Å²) in [6.07, 6.45) is 1.16. The topological polar surface area (TPSA) is 12.0 Å². The first-order chi connectivity index (χ1) is 7.45. The first kappa shape index (κ1) is 11.9. The van der Waals surface area contributed by atoms with Gasteiger partial charge < -0.3 is 5.32 Å². The Morgan fingerprint density at radius 3 is 2.62 bits per heavy atom. The van der Waals surface area contributed by atoms with Crippen LogP contribution >= 0.6 is 11.6 Å². The van der Waals surface area contributed by atoms with Gasteiger partial charge in [0.05, 0.1) is 0 Å². The maximum Gasteiger partial charge on any atom is 0.123 e. The van der Waals surface area contributed by atoms with E-state index in [1.54, 1.807) is 6.07 Å². The molecule has 1 aliphatic rings. The number of hydrogen-bond donors (Lipinski definition) is 1. The van der Waals surface area contributed by atoms with Crippen molar-refractivity contribution in [3.8, 4) is 0 Å². The Bertz CT molecular complexity index is 403. The second-order valence-corrected chi connectivity index (χ2v) is 5.64. The number of nitrogens with one attached hydrogen (secondary N) is 1. The van der Waals surface area contributed by atoms with Crippen molar-refractivity contribution in [2.75, 3.05) is 7.05 Å². The van der Waals surface area contributed by atoms with Crippen LogP contribution < -0.4 is 5.32 Å². The van der Waals surface area contributed by atoms with Crippen LogP contribution in [0.1, 0.15) is 31.9 Å². The van der Waals surface area contributed by atoms with Crippen LogP contribution in [0.5, 0.6) is 0 Å². The minimum atomic E-state index is -0.224. The summed E-state index contributed by atoms with van der Waals surface area (Å²) in [7, 11) is 1.90. The van der Waals surface area contributed by atoms with Gasteiger partial charge in [-0.05, 0) is 48.6 Å². The summed E-state index contributed by atoms with van der Waals surface area (Å²) in [5.74, 6) is 0.315. The summed E-state index contributed by atoms with van der Waals surface area (Å²) < 4.78 is 13.2. The van der Waals surface area contributed by atoms with Crippen molar-refractivity contribution in [2.45, 2.75) is 26.3 Å². The number of halogens is 2. The van der Waals surface area contributed by atoms with Gasteiger partial charge in [-0.25, -0.2) is 4.39 Å². The van der Waals surface area contributed by atoms with Gasteiger partial charge in [-0.2, -0.15) is 0 Å². The zero-order chi connectivity index (χ0) is 11.9. The Hall–Kier alpha value is -0.600. The molecule has 2 atom stereocenters. The van der Waals surface area contributed by atoms with Crippen LogP contribution in [-0.4, -0.2) is 7.05 Å². The average Bonchev–Trinajstić information content (AvgIpc) is 2.82. The lowest BCUT2D eigenvalue weighted by Gasteiger charge is -2.19. The van der Waals surface area contributed by atoms with E-state index in [4.69, 9.17) is 11.6 Å². The minimum absolute atomic E-state index is 0.151. The molecule has 0 amide bonds. The van der Waals surface area contributed by atoms with Crippen molar-refractivity contribution in [3.63, 3.8) is 0 Å². The second kappa shape index (κ2) is 4.01. The highest BCUT2D eigenvalue weighted by atomic mass is 35.5. The van der Waals surface area contributed by atoms with E-state index in [2.05, 4.69) is 19.2 Å². The number of hydrogen-bond acceptors (Lipinski definition) is 1. The maximum atomic E-state index is 13.2. The van der Waals surface area contributed by atoms with Crippen LogP contribution in [-0.2, 0) is 0 Å². The Morgan fingerprint density at radius 1 is 1.50 bits per heavy atom. The smallest absolute Gasteiger partial charge is 0.123 e. The highest BCUT2D eigenvalue weighted by Gasteiger charge is 2.50. The van der Waals surface area contributed by atoms with Crippen LogP contribution in [0.25, 0.3) is 0 Å². The van der Waals surface area contributed by atoms with E-state index >= 15 is 0 Å². The molecule has 3 heteroatoms. The molecule has 1 saturated carbocycles. The van der Waals surface area contributed by atoms with Crippen LogP contribution in [0.15, 0.2) is 18.2 Å². The zero-order valence-corrected chi connectivity index (χ0v) is 10.6. The van der Waals surface area contributed by atoms with Gasteiger partial charge in [0.25, 0.3) is 0 Å². The molecular weight excluding hydrogens is 225 g/mol. The highest BCUT2D eigenvalue weighted by Crippen LogP contribution is 2.58. The van der Waals surface area contributed by atoms with E-state index in [0.717, 1.165) is 12.0 Å². The molecule has 0 aliphatic heterocycles. The standard InChI is InChI=1S/C13H17ClFN/c1-13(2)7-10(13)12(16-3)9-6-8(15)4-5-11(9)14/h4-6,10,12,16H,7H2,1-3H3. The van der Waals surface area contributed by atoms with Gasteiger partial charge >= 0.3 is 0 Å². The molecule has 1 fully saturated rings. The van der Waals surface area contributed by atoms with Gasteiger partial charge in [-0.15, -0.1) is 0 Å². The number of benzene rings is 1. The maximum absolute atomic E-state index is 13.2. The van der Waals surface area contributed by atoms with E-state index in [9.17, 15) is 4.39 Å². The third-order valence-electron chi connectivity index (χ3n) is 3.60. The van der Waals surface area contributed by atoms with Crippen LogP contribution in [0.3, 0.4) is 0 Å². The highest BCUT2D eigenvalue weighted by molar-refractivity contribution is 6.31. The van der Waals surface area contributed by atoms with Gasteiger partial charge in [0, 0.05) is 11.1 Å². The first-order valence-corrected chi connectivity index (χ1v) is 5.96. The third-order valence-corrected chi connectivity index (χ3v) is 3.94. The van der Waals surface area contributed by atoms with Crippen LogP contribution in [0.4, 0.5) is 4.39 Å². The summed E-state index contributed by atoms with van der Waals surface area (Å²) in [5.41, 5.74) is 1.21. The molecule has 1 aliphatic carbocycles. The summed E-state index contributed by atoms with van der Waals surface area (Å²) in [6, 6.07) is 4.72. The van der Waals surface area contributed by atoms with E-state index < -0.39 is 0 Å². The lowest BCUT2D eigenvalue weighted by atomic mass is 9.97. The molecule has 0 bridgehead atoms. The van der Waals surface area contributed by atoms with Gasteiger partial charge in [-0.3, -0.25) is 0 Å². The molecule has 1 aromatic rings. The first-order valence-electron chi connectivity index (χ1n) is 5.58. The van der Waals surface area contributed by atoms with Crippen molar-refractivity contribution in [1.82, 2.24) is 5.32 Å². The quantitative estimate of drug-likeness (QED) is 0.849. The fourth-order valence-electron chi connectivity index (χ4n) is 2.40. The molecule has 0 saturated heterocycles. The van der Waals surface area contributed by atoms with E-state index in [-0.39, 0.29) is 11.9 Å². The molecule has 0 heterocycles. The van der Waals surface area contributed by atoms with Crippen molar-refractivity contribution in [3.05, 3.63) is 34.6 Å². The summed E-state index contributed by atoms with van der Waals surface area (Å²) >= 11 is 6.13. The van der Waals surface area contributed by atoms with E-state index in [0.29, 0.717) is 16.4 Å². The average molecular weight is 242 g/mol. The van der Waals surface area contributed by atoms with Crippen molar-refractivity contribution >= 4 is 11.6 Å². The van der Waals surface area contributed by atoms with Gasteiger partial charge in [0.1, 0.15) is 5.82 Å². The van der Waals surface area contributed by atoms with Crippen molar-refractivity contribution in [1.29, 1.82) is 0 Å². The molecule has 2 unspecified atom stereocenters. The van der Waals surface area contributed by atoms with Crippen molar-refractivity contribution in [2.24, 2.45) is 11.3 Å². The molecule has 0 radical (unpaired) electrons. The van der Waals surface area contributed by atoms with Crippen LogP contribution in [0.2, 0.25) is 5.02 Å². The molecule has 0 aromatic heterocycles. The van der Waals surface area contributed by atoms with Gasteiger partial charge in [0.15, 0.2) is 0 Å². The predicted molar refractivity (Wildman–Crippen MR) is 65.1 cm³/mol. The summed E-state index contributed by atoms with van der Waals surface area (Å²) in [4.78, 5) is 0. The van der Waals surface area contributed by atoms with Gasteiger partial charge in [0.2, 0.25) is 0 Å². The SMILES string of the molecule is CNC(c1cc(F)ccc1Cl)C1CC1(C)C. The van der Waals surface area contributed by atoms with Gasteiger partial charge in [-0.1, -0.05) is 25.4 Å². The second-order valence-electron chi connectivity index (χ2n) is 5.23. The Labute approximate surface area is 101 Å². The molecule has 1 N–H and O–H groups in total. The summed E-state index contributed by atoms with van der Waals surface area (Å²) in [5, 5.41) is 3.89. The predicted octanol–water partition coefficient (Wildman–Crippen LogP) is 3.79. The normalized spacial score (nSPS) is 24.2. The monoisotopic (exact) mass is 241 g/mol. The lowest BCUT2D eigenvalue weighted by molar-refractivity contribution is 0.439. The number of rotatable bonds is 3. The molecule has 16 heavy (non-hydrogen) atoms. The Kier molecular flexibility index (Phi) is 2.97. The molecule has 88 valence electrons. The zero-order valence-electron chi connectivity index (χ0n) is 9.85.